The lowest BCUT2D eigenvalue weighted by molar-refractivity contribution is 0.0761. The summed E-state index contributed by atoms with van der Waals surface area (Å²) in [6, 6.07) is 30.4. The van der Waals surface area contributed by atoms with E-state index in [1.165, 1.54) is 0 Å². The minimum atomic E-state index is -0.427. The lowest BCUT2D eigenvalue weighted by Crippen LogP contribution is -2.35. The Morgan fingerprint density at radius 2 is 0.680 bits per heavy atom. The summed E-state index contributed by atoms with van der Waals surface area (Å²) in [5.74, 6) is 2.98. The maximum absolute atomic E-state index is 13.3. The second-order valence-corrected chi connectivity index (χ2v) is 11.6. The Morgan fingerprint density at radius 1 is 0.440 bits per heavy atom. The van der Waals surface area contributed by atoms with E-state index in [1.54, 1.807) is 38.2 Å². The summed E-state index contributed by atoms with van der Waals surface area (Å²) in [4.78, 5) is 31.8. The number of hydrogen-bond donors (Lipinski definition) is 0. The number of benzene rings is 4. The van der Waals surface area contributed by atoms with E-state index in [4.69, 9.17) is 28.4 Å². The minimum absolute atomic E-state index is 0.173. The van der Waals surface area contributed by atoms with Crippen molar-refractivity contribution < 1.29 is 38.0 Å². The van der Waals surface area contributed by atoms with Gasteiger partial charge in [0.25, 0.3) is 0 Å². The molecule has 0 aliphatic carbocycles. The summed E-state index contributed by atoms with van der Waals surface area (Å²) in [5.41, 5.74) is 3.79. The van der Waals surface area contributed by atoms with E-state index in [9.17, 15) is 9.59 Å². The molecule has 0 heterocycles. The summed E-state index contributed by atoms with van der Waals surface area (Å²) in [6.45, 7) is 2.73. The number of amides is 2. The van der Waals surface area contributed by atoms with Gasteiger partial charge in [0.2, 0.25) is 0 Å². The van der Waals surface area contributed by atoms with Crippen LogP contribution in [-0.4, -0.2) is 88.7 Å². The van der Waals surface area contributed by atoms with E-state index in [2.05, 4.69) is 0 Å². The monoisotopic (exact) mass is 685 g/mol. The summed E-state index contributed by atoms with van der Waals surface area (Å²) in [5, 5.41) is 0. The minimum Gasteiger partial charge on any atom is -0.497 e. The quantitative estimate of drug-likeness (QED) is 0.114. The Kier molecular flexibility index (Phi) is 14.6. The van der Waals surface area contributed by atoms with E-state index < -0.39 is 12.2 Å². The Labute approximate surface area is 294 Å². The predicted molar refractivity (Wildman–Crippen MR) is 191 cm³/mol. The van der Waals surface area contributed by atoms with Crippen LogP contribution < -0.4 is 18.9 Å². The van der Waals surface area contributed by atoms with Gasteiger partial charge in [0.1, 0.15) is 36.2 Å². The first-order valence-electron chi connectivity index (χ1n) is 16.3. The smallest absolute Gasteiger partial charge is 0.410 e. The van der Waals surface area contributed by atoms with Crippen LogP contribution in [0.3, 0.4) is 0 Å². The fourth-order valence-electron chi connectivity index (χ4n) is 5.05. The Hall–Kier alpha value is -5.42. The third-order valence-electron chi connectivity index (χ3n) is 8.04. The van der Waals surface area contributed by atoms with Crippen molar-refractivity contribution in [3.8, 4) is 23.0 Å². The van der Waals surface area contributed by atoms with Crippen LogP contribution in [0.4, 0.5) is 9.59 Å². The van der Waals surface area contributed by atoms with Crippen molar-refractivity contribution in [2.45, 2.75) is 26.2 Å². The van der Waals surface area contributed by atoms with Gasteiger partial charge >= 0.3 is 12.2 Å². The van der Waals surface area contributed by atoms with Crippen LogP contribution in [0.1, 0.15) is 22.3 Å². The fraction of sp³-hybridized carbons (Fsp3) is 0.333. The molecule has 0 N–H and O–H groups in total. The highest BCUT2D eigenvalue weighted by Crippen LogP contribution is 2.19. The number of carbonyl (C=O) groups excluding carboxylic acids is 2. The average molecular weight is 686 g/mol. The third-order valence-corrected chi connectivity index (χ3v) is 8.04. The molecular formula is C39H47N3O8. The third kappa shape index (κ3) is 11.9. The first kappa shape index (κ1) is 37.4. The van der Waals surface area contributed by atoms with E-state index in [1.807, 2.05) is 109 Å². The van der Waals surface area contributed by atoms with Crippen LogP contribution in [0.5, 0.6) is 23.0 Å². The molecule has 0 unspecified atom stereocenters. The summed E-state index contributed by atoms with van der Waals surface area (Å²) < 4.78 is 32.5. The lowest BCUT2D eigenvalue weighted by atomic mass is 10.1. The SMILES string of the molecule is COc1ccc(CN(Cc2ccc(OC)cc2)C(=O)OCCN(C)CCOC(=O)N(Cc2ccc(OC)cc2)Cc2ccc(OC)cc2)cc1. The molecule has 266 valence electrons. The first-order valence-corrected chi connectivity index (χ1v) is 16.3. The van der Waals surface area contributed by atoms with E-state index in [-0.39, 0.29) is 13.2 Å². The van der Waals surface area contributed by atoms with Crippen molar-refractivity contribution in [1.29, 1.82) is 0 Å². The molecule has 0 aliphatic rings. The van der Waals surface area contributed by atoms with Gasteiger partial charge in [-0.25, -0.2) is 9.59 Å². The molecular weight excluding hydrogens is 638 g/mol. The molecule has 0 saturated carbocycles. The summed E-state index contributed by atoms with van der Waals surface area (Å²) in [7, 11) is 8.36. The van der Waals surface area contributed by atoms with Gasteiger partial charge in [0.15, 0.2) is 0 Å². The van der Waals surface area contributed by atoms with Gasteiger partial charge in [-0.1, -0.05) is 48.5 Å². The van der Waals surface area contributed by atoms with Crippen molar-refractivity contribution in [2.75, 3.05) is 61.8 Å². The number of methoxy groups -OCH3 is 4. The molecule has 11 nitrogen and oxygen atoms in total. The second-order valence-electron chi connectivity index (χ2n) is 11.6. The second kappa shape index (κ2) is 19.5. The lowest BCUT2D eigenvalue weighted by Gasteiger charge is -2.24. The van der Waals surface area contributed by atoms with Crippen LogP contribution in [-0.2, 0) is 35.7 Å². The van der Waals surface area contributed by atoms with Crippen LogP contribution in [0.2, 0.25) is 0 Å². The summed E-state index contributed by atoms with van der Waals surface area (Å²) in [6.07, 6.45) is -0.853. The zero-order valence-corrected chi connectivity index (χ0v) is 29.5. The van der Waals surface area contributed by atoms with Crippen LogP contribution in [0.25, 0.3) is 0 Å². The van der Waals surface area contributed by atoms with E-state index in [0.29, 0.717) is 39.3 Å². The molecule has 4 aromatic rings. The molecule has 0 bridgehead atoms. The highest BCUT2D eigenvalue weighted by molar-refractivity contribution is 5.68. The normalized spacial score (nSPS) is 10.7. The van der Waals surface area contributed by atoms with Crippen molar-refractivity contribution >= 4 is 12.2 Å². The van der Waals surface area contributed by atoms with Crippen molar-refractivity contribution in [3.05, 3.63) is 119 Å². The Balaban J connectivity index is 1.28. The maximum atomic E-state index is 13.3. The molecule has 11 heteroatoms. The van der Waals surface area contributed by atoms with Crippen LogP contribution in [0, 0.1) is 0 Å². The van der Waals surface area contributed by atoms with Gasteiger partial charge in [-0.05, 0) is 77.8 Å². The molecule has 0 fully saturated rings. The van der Waals surface area contributed by atoms with Gasteiger partial charge in [0, 0.05) is 39.3 Å². The summed E-state index contributed by atoms with van der Waals surface area (Å²) >= 11 is 0. The molecule has 0 aliphatic heterocycles. The van der Waals surface area contributed by atoms with Gasteiger partial charge in [-0.3, -0.25) is 14.7 Å². The van der Waals surface area contributed by atoms with Gasteiger partial charge < -0.3 is 28.4 Å². The molecule has 0 radical (unpaired) electrons. The molecule has 4 aromatic carbocycles. The van der Waals surface area contributed by atoms with Gasteiger partial charge in [0.05, 0.1) is 28.4 Å². The predicted octanol–water partition coefficient (Wildman–Crippen LogP) is 6.63. The van der Waals surface area contributed by atoms with Crippen molar-refractivity contribution in [3.63, 3.8) is 0 Å². The molecule has 2 amide bonds. The highest BCUT2D eigenvalue weighted by Gasteiger charge is 2.19. The van der Waals surface area contributed by atoms with Crippen molar-refractivity contribution in [2.24, 2.45) is 0 Å². The number of nitrogens with zero attached hydrogens (tertiary/aromatic N) is 3. The maximum Gasteiger partial charge on any atom is 0.410 e. The molecule has 50 heavy (non-hydrogen) atoms. The number of ether oxygens (including phenoxy) is 6. The molecule has 0 aromatic heterocycles. The topological polar surface area (TPSA) is 99.2 Å². The zero-order valence-electron chi connectivity index (χ0n) is 29.5. The van der Waals surface area contributed by atoms with Gasteiger partial charge in [-0.2, -0.15) is 0 Å². The largest absolute Gasteiger partial charge is 0.497 e. The standard InChI is InChI=1S/C39H47N3O8/c1-40(22-24-49-38(43)41(26-30-6-14-34(45-2)15-7-30)27-31-8-16-35(46-3)17-9-31)23-25-50-39(44)42(28-32-10-18-36(47-4)19-11-32)29-33-12-20-37(48-5)21-13-33/h6-21H,22-29H2,1-5H3. The van der Waals surface area contributed by atoms with Gasteiger partial charge in [-0.15, -0.1) is 0 Å². The first-order chi connectivity index (χ1) is 24.3. The van der Waals surface area contributed by atoms with Crippen molar-refractivity contribution in [1.82, 2.24) is 14.7 Å². The molecule has 0 atom stereocenters. The number of likely N-dealkylation sites (N-methyl/N-ethyl adjacent to an activating group) is 1. The zero-order chi connectivity index (χ0) is 35.7. The van der Waals surface area contributed by atoms with Crippen LogP contribution in [0.15, 0.2) is 97.1 Å². The Bertz CT molecular complexity index is 1380. The Morgan fingerprint density at radius 3 is 0.900 bits per heavy atom. The fourth-order valence-corrected chi connectivity index (χ4v) is 5.05. The average Bonchev–Trinajstić information content (AvgIpc) is 3.15. The molecule has 4 rings (SSSR count). The highest BCUT2D eigenvalue weighted by atomic mass is 16.6. The van der Waals surface area contributed by atoms with E-state index in [0.717, 1.165) is 45.3 Å². The molecule has 0 saturated heterocycles. The number of hydrogen-bond acceptors (Lipinski definition) is 9. The number of rotatable bonds is 18. The van der Waals surface area contributed by atoms with E-state index >= 15 is 0 Å². The number of carbonyl (C=O) groups is 2. The molecule has 0 spiro atoms. The van der Waals surface area contributed by atoms with Crippen LogP contribution >= 0.6 is 0 Å².